The SMILES string of the molecule is CC(C1CCN(c2ccncc2F)CC1)N1CCN(C)CC1. The molecule has 2 fully saturated rings. The first-order valence-corrected chi connectivity index (χ1v) is 8.42. The minimum absolute atomic E-state index is 0.201. The summed E-state index contributed by atoms with van der Waals surface area (Å²) < 4.78 is 13.8. The maximum Gasteiger partial charge on any atom is 0.164 e. The zero-order valence-corrected chi connectivity index (χ0v) is 13.7. The predicted molar refractivity (Wildman–Crippen MR) is 87.7 cm³/mol. The number of anilines is 1. The number of likely N-dealkylation sites (N-methyl/N-ethyl adjacent to an activating group) is 1. The molecule has 2 saturated heterocycles. The minimum atomic E-state index is -0.201. The number of aromatic nitrogens is 1. The third-order valence-electron chi connectivity index (χ3n) is 5.43. The molecule has 1 aromatic heterocycles. The molecule has 122 valence electrons. The van der Waals surface area contributed by atoms with Crippen molar-refractivity contribution in [3.05, 3.63) is 24.3 Å². The molecule has 0 bridgehead atoms. The molecule has 3 heterocycles. The third kappa shape index (κ3) is 3.41. The van der Waals surface area contributed by atoms with Crippen molar-refractivity contribution in [3.8, 4) is 0 Å². The van der Waals surface area contributed by atoms with Crippen LogP contribution in [-0.4, -0.2) is 67.1 Å². The van der Waals surface area contributed by atoms with Crippen LogP contribution < -0.4 is 4.90 Å². The molecule has 3 rings (SSSR count). The van der Waals surface area contributed by atoms with Crippen LogP contribution in [0, 0.1) is 11.7 Å². The number of pyridine rings is 1. The number of piperazine rings is 1. The lowest BCUT2D eigenvalue weighted by Crippen LogP contribution is -2.51. The molecular weight excluding hydrogens is 279 g/mol. The van der Waals surface area contributed by atoms with Crippen LogP contribution in [0.1, 0.15) is 19.8 Å². The molecule has 1 atom stereocenters. The van der Waals surface area contributed by atoms with Crippen molar-refractivity contribution in [2.45, 2.75) is 25.8 Å². The van der Waals surface area contributed by atoms with Gasteiger partial charge in [0.1, 0.15) is 0 Å². The topological polar surface area (TPSA) is 22.6 Å². The molecule has 4 nitrogen and oxygen atoms in total. The molecular formula is C17H27FN4. The second kappa shape index (κ2) is 6.92. The predicted octanol–water partition coefficient (Wildman–Crippen LogP) is 2.07. The Morgan fingerprint density at radius 3 is 2.45 bits per heavy atom. The number of hydrogen-bond acceptors (Lipinski definition) is 4. The lowest BCUT2D eigenvalue weighted by Gasteiger charge is -2.43. The van der Waals surface area contributed by atoms with Gasteiger partial charge in [0.15, 0.2) is 5.82 Å². The Kier molecular flexibility index (Phi) is 4.93. The molecule has 0 amide bonds. The summed E-state index contributed by atoms with van der Waals surface area (Å²) in [6.45, 7) is 8.97. The Morgan fingerprint density at radius 1 is 1.14 bits per heavy atom. The molecule has 2 aliphatic heterocycles. The smallest absolute Gasteiger partial charge is 0.164 e. The molecule has 0 aliphatic carbocycles. The first-order chi connectivity index (χ1) is 10.6. The van der Waals surface area contributed by atoms with E-state index in [4.69, 9.17) is 0 Å². The molecule has 0 aromatic carbocycles. The van der Waals surface area contributed by atoms with E-state index in [0.29, 0.717) is 11.7 Å². The molecule has 5 heteroatoms. The lowest BCUT2D eigenvalue weighted by molar-refractivity contribution is 0.0813. The molecule has 22 heavy (non-hydrogen) atoms. The second-order valence-corrected chi connectivity index (χ2v) is 6.73. The summed E-state index contributed by atoms with van der Waals surface area (Å²) in [5.74, 6) is 0.526. The number of hydrogen-bond donors (Lipinski definition) is 0. The fourth-order valence-electron chi connectivity index (χ4n) is 3.77. The van der Waals surface area contributed by atoms with Gasteiger partial charge in [-0.15, -0.1) is 0 Å². The molecule has 1 unspecified atom stereocenters. The fraction of sp³-hybridized carbons (Fsp3) is 0.706. The van der Waals surface area contributed by atoms with Crippen LogP contribution in [0.2, 0.25) is 0 Å². The first kappa shape index (κ1) is 15.7. The van der Waals surface area contributed by atoms with Gasteiger partial charge in [0.25, 0.3) is 0 Å². The van der Waals surface area contributed by atoms with Gasteiger partial charge in [-0.25, -0.2) is 4.39 Å². The summed E-state index contributed by atoms with van der Waals surface area (Å²) in [6.07, 6.45) is 5.29. The van der Waals surface area contributed by atoms with Crippen molar-refractivity contribution in [1.82, 2.24) is 14.8 Å². The molecule has 0 saturated carbocycles. The number of piperidine rings is 1. The summed E-state index contributed by atoms with van der Waals surface area (Å²) in [6, 6.07) is 2.43. The Labute approximate surface area is 132 Å². The number of rotatable bonds is 3. The van der Waals surface area contributed by atoms with E-state index in [-0.39, 0.29) is 5.82 Å². The zero-order valence-electron chi connectivity index (χ0n) is 13.7. The van der Waals surface area contributed by atoms with E-state index in [1.165, 1.54) is 32.4 Å². The lowest BCUT2D eigenvalue weighted by atomic mass is 9.89. The van der Waals surface area contributed by atoms with Gasteiger partial charge in [0, 0.05) is 51.5 Å². The molecule has 0 N–H and O–H groups in total. The van der Waals surface area contributed by atoms with Crippen LogP contribution in [0.25, 0.3) is 0 Å². The Balaban J connectivity index is 1.54. The van der Waals surface area contributed by atoms with E-state index in [9.17, 15) is 4.39 Å². The van der Waals surface area contributed by atoms with E-state index in [1.54, 1.807) is 12.3 Å². The first-order valence-electron chi connectivity index (χ1n) is 8.42. The number of halogens is 1. The Bertz CT molecular complexity index is 479. The van der Waals surface area contributed by atoms with Crippen LogP contribution in [0.3, 0.4) is 0 Å². The fourth-order valence-corrected chi connectivity index (χ4v) is 3.77. The summed E-state index contributed by atoms with van der Waals surface area (Å²) in [5, 5.41) is 0. The van der Waals surface area contributed by atoms with E-state index in [2.05, 4.69) is 33.7 Å². The normalized spacial score (nSPS) is 23.7. The maximum atomic E-state index is 13.8. The summed E-state index contributed by atoms with van der Waals surface area (Å²) in [7, 11) is 2.20. The number of nitrogens with zero attached hydrogens (tertiary/aromatic N) is 4. The molecule has 0 spiro atoms. The highest BCUT2D eigenvalue weighted by Crippen LogP contribution is 2.28. The summed E-state index contributed by atoms with van der Waals surface area (Å²) in [5.41, 5.74) is 0.709. The van der Waals surface area contributed by atoms with Crippen molar-refractivity contribution >= 4 is 5.69 Å². The maximum absolute atomic E-state index is 13.8. The molecule has 0 radical (unpaired) electrons. The van der Waals surface area contributed by atoms with Gasteiger partial charge in [-0.1, -0.05) is 0 Å². The van der Waals surface area contributed by atoms with Gasteiger partial charge in [0.2, 0.25) is 0 Å². The van der Waals surface area contributed by atoms with Crippen molar-refractivity contribution in [2.24, 2.45) is 5.92 Å². The highest BCUT2D eigenvalue weighted by Gasteiger charge is 2.29. The second-order valence-electron chi connectivity index (χ2n) is 6.73. The van der Waals surface area contributed by atoms with Crippen molar-refractivity contribution in [2.75, 3.05) is 51.2 Å². The van der Waals surface area contributed by atoms with E-state index in [0.717, 1.165) is 31.8 Å². The highest BCUT2D eigenvalue weighted by atomic mass is 19.1. The van der Waals surface area contributed by atoms with E-state index < -0.39 is 0 Å². The van der Waals surface area contributed by atoms with Crippen LogP contribution >= 0.6 is 0 Å². The minimum Gasteiger partial charge on any atom is -0.369 e. The van der Waals surface area contributed by atoms with Gasteiger partial charge < -0.3 is 9.80 Å². The van der Waals surface area contributed by atoms with Crippen LogP contribution in [0.15, 0.2) is 18.5 Å². The summed E-state index contributed by atoms with van der Waals surface area (Å²) >= 11 is 0. The van der Waals surface area contributed by atoms with E-state index in [1.807, 2.05) is 0 Å². The highest BCUT2D eigenvalue weighted by molar-refractivity contribution is 5.46. The monoisotopic (exact) mass is 306 g/mol. The van der Waals surface area contributed by atoms with Gasteiger partial charge in [-0.3, -0.25) is 9.88 Å². The third-order valence-corrected chi connectivity index (χ3v) is 5.43. The van der Waals surface area contributed by atoms with Gasteiger partial charge in [-0.05, 0) is 38.8 Å². The summed E-state index contributed by atoms with van der Waals surface area (Å²) in [4.78, 5) is 11.0. The van der Waals surface area contributed by atoms with Crippen molar-refractivity contribution < 1.29 is 4.39 Å². The van der Waals surface area contributed by atoms with E-state index >= 15 is 0 Å². The van der Waals surface area contributed by atoms with Gasteiger partial charge in [-0.2, -0.15) is 0 Å². The van der Waals surface area contributed by atoms with Gasteiger partial charge in [0.05, 0.1) is 11.9 Å². The average molecular weight is 306 g/mol. The van der Waals surface area contributed by atoms with Gasteiger partial charge >= 0.3 is 0 Å². The van der Waals surface area contributed by atoms with Crippen LogP contribution in [0.5, 0.6) is 0 Å². The zero-order chi connectivity index (χ0) is 15.5. The van der Waals surface area contributed by atoms with Crippen LogP contribution in [-0.2, 0) is 0 Å². The molecule has 2 aliphatic rings. The quantitative estimate of drug-likeness (QED) is 0.852. The molecule has 1 aromatic rings. The standard InChI is InChI=1S/C17H27FN4/c1-14(21-11-9-20(2)10-12-21)15-4-7-22(8-5-15)17-3-6-19-13-16(17)18/h3,6,13-15H,4-5,7-12H2,1-2H3. The Morgan fingerprint density at radius 2 is 1.82 bits per heavy atom. The Hall–Kier alpha value is -1.20. The van der Waals surface area contributed by atoms with Crippen molar-refractivity contribution in [3.63, 3.8) is 0 Å². The van der Waals surface area contributed by atoms with Crippen LogP contribution in [0.4, 0.5) is 10.1 Å². The average Bonchev–Trinajstić information content (AvgIpc) is 2.56. The van der Waals surface area contributed by atoms with Crippen molar-refractivity contribution in [1.29, 1.82) is 0 Å². The largest absolute Gasteiger partial charge is 0.369 e.